The third kappa shape index (κ3) is 8.69. The van der Waals surface area contributed by atoms with Crippen molar-refractivity contribution in [3.8, 4) is 18.1 Å². The van der Waals surface area contributed by atoms with E-state index in [2.05, 4.69) is 111 Å². The molecule has 1 aromatic heterocycles. The van der Waals surface area contributed by atoms with E-state index >= 15 is 0 Å². The van der Waals surface area contributed by atoms with Gasteiger partial charge in [-0.3, -0.25) is 0 Å². The first-order chi connectivity index (χ1) is 17.0. The molecule has 0 aliphatic carbocycles. The molecule has 0 unspecified atom stereocenters. The van der Waals surface area contributed by atoms with Gasteiger partial charge >= 0.3 is 0 Å². The minimum atomic E-state index is -1.90. The monoisotopic (exact) mass is 556 g/mol. The van der Waals surface area contributed by atoms with Gasteiger partial charge in [0.15, 0.2) is 16.6 Å². The van der Waals surface area contributed by atoms with Gasteiger partial charge in [-0.2, -0.15) is 0 Å². The lowest BCUT2D eigenvalue weighted by Crippen LogP contribution is -2.41. The zero-order valence-electron chi connectivity index (χ0n) is 25.0. The van der Waals surface area contributed by atoms with Gasteiger partial charge in [-0.15, -0.1) is 17.8 Å². The van der Waals surface area contributed by atoms with E-state index in [1.807, 2.05) is 6.08 Å². The summed E-state index contributed by atoms with van der Waals surface area (Å²) in [7, 11) is -3.77. The molecule has 1 aromatic carbocycles. The lowest BCUT2D eigenvalue weighted by molar-refractivity contribution is 0.255. The van der Waals surface area contributed by atoms with E-state index in [0.29, 0.717) is 19.8 Å². The Morgan fingerprint density at radius 1 is 0.865 bits per heavy atom. The normalized spacial score (nSPS) is 13.5. The number of hydrogen-bond donors (Lipinski definition) is 0. The van der Waals surface area contributed by atoms with E-state index in [0.717, 1.165) is 17.7 Å². The molecule has 6 heteroatoms. The highest BCUT2D eigenvalue weighted by molar-refractivity contribution is 7.13. The van der Waals surface area contributed by atoms with E-state index in [4.69, 9.17) is 20.0 Å². The fourth-order valence-electron chi connectivity index (χ4n) is 3.15. The molecule has 0 saturated heterocycles. The van der Waals surface area contributed by atoms with Crippen molar-refractivity contribution in [1.29, 1.82) is 0 Å². The van der Waals surface area contributed by atoms with Gasteiger partial charge in [0, 0.05) is 9.75 Å². The van der Waals surface area contributed by atoms with Crippen molar-refractivity contribution in [3.63, 3.8) is 0 Å². The van der Waals surface area contributed by atoms with Gasteiger partial charge < -0.3 is 13.6 Å². The second-order valence-electron chi connectivity index (χ2n) is 12.8. The van der Waals surface area contributed by atoms with Crippen LogP contribution in [-0.4, -0.2) is 16.6 Å². The van der Waals surface area contributed by atoms with Crippen molar-refractivity contribution in [1.82, 2.24) is 0 Å². The predicted molar refractivity (Wildman–Crippen MR) is 166 cm³/mol. The highest BCUT2D eigenvalue weighted by Crippen LogP contribution is 2.39. The maximum atomic E-state index is 6.62. The third-order valence-corrected chi connectivity index (χ3v) is 18.1. The van der Waals surface area contributed by atoms with E-state index in [9.17, 15) is 0 Å². The van der Waals surface area contributed by atoms with Crippen LogP contribution in [0.4, 0.5) is 0 Å². The van der Waals surface area contributed by atoms with Gasteiger partial charge in [-0.05, 0) is 89.7 Å². The molecule has 0 amide bonds. The Morgan fingerprint density at radius 3 is 1.95 bits per heavy atom. The van der Waals surface area contributed by atoms with Crippen molar-refractivity contribution in [3.05, 3.63) is 57.3 Å². The van der Waals surface area contributed by atoms with Gasteiger partial charge in [-0.25, -0.2) is 0 Å². The number of benzene rings is 1. The van der Waals surface area contributed by atoms with E-state index in [1.54, 1.807) is 11.3 Å². The average Bonchev–Trinajstić information content (AvgIpc) is 3.26. The number of hydrogen-bond acceptors (Lipinski definition) is 4. The number of terminal acetylenes is 1. The molecule has 0 spiro atoms. The van der Waals surface area contributed by atoms with Gasteiger partial charge in [-0.1, -0.05) is 60.5 Å². The lowest BCUT2D eigenvalue weighted by atomic mass is 10.1. The zero-order valence-corrected chi connectivity index (χ0v) is 27.8. The molecule has 1 heterocycles. The molecule has 2 rings (SSSR count). The van der Waals surface area contributed by atoms with Gasteiger partial charge in [0.05, 0.1) is 13.2 Å². The van der Waals surface area contributed by atoms with Crippen LogP contribution < -0.4 is 4.74 Å². The van der Waals surface area contributed by atoms with Crippen molar-refractivity contribution < 1.29 is 13.6 Å². The smallest absolute Gasteiger partial charge is 0.192 e. The van der Waals surface area contributed by atoms with Gasteiger partial charge in [0.25, 0.3) is 0 Å². The van der Waals surface area contributed by atoms with E-state index in [-0.39, 0.29) is 10.1 Å². The molecule has 0 aliphatic rings. The third-order valence-electron chi connectivity index (χ3n) is 7.96. The maximum absolute atomic E-state index is 6.62. The van der Waals surface area contributed by atoms with Crippen LogP contribution in [0.5, 0.6) is 5.75 Å². The summed E-state index contributed by atoms with van der Waals surface area (Å²) in [5, 5.41) is 0.321. The van der Waals surface area contributed by atoms with Gasteiger partial charge in [0.2, 0.25) is 0 Å². The van der Waals surface area contributed by atoms with Crippen LogP contribution >= 0.6 is 11.3 Å². The van der Waals surface area contributed by atoms with E-state index in [1.165, 1.54) is 20.9 Å². The quantitative estimate of drug-likeness (QED) is 0.204. The Balaban J connectivity index is 2.24. The van der Waals surface area contributed by atoms with Crippen LogP contribution in [0, 0.1) is 12.3 Å². The number of ether oxygens (including phenoxy) is 1. The van der Waals surface area contributed by atoms with Crippen LogP contribution in [0.15, 0.2) is 36.4 Å². The zero-order chi connectivity index (χ0) is 28.1. The topological polar surface area (TPSA) is 27.7 Å². The van der Waals surface area contributed by atoms with Crippen LogP contribution in [-0.2, 0) is 28.7 Å². The lowest BCUT2D eigenvalue weighted by Gasteiger charge is -2.37. The van der Waals surface area contributed by atoms with Crippen LogP contribution in [0.2, 0.25) is 36.3 Å². The molecule has 0 bridgehead atoms. The summed E-state index contributed by atoms with van der Waals surface area (Å²) in [4.78, 5) is 2.39. The minimum Gasteiger partial charge on any atom is -0.488 e. The summed E-state index contributed by atoms with van der Waals surface area (Å²) >= 11 is 1.74. The molecule has 0 radical (unpaired) electrons. The summed E-state index contributed by atoms with van der Waals surface area (Å²) in [5.74, 6) is 3.51. The summed E-state index contributed by atoms with van der Waals surface area (Å²) in [6.45, 7) is 26.7. The Labute approximate surface area is 232 Å². The van der Waals surface area contributed by atoms with Crippen molar-refractivity contribution in [2.24, 2.45) is 0 Å². The Hall–Kier alpha value is -1.63. The fourth-order valence-corrected chi connectivity index (χ4v) is 6.05. The Kier molecular flexibility index (Phi) is 10.7. The first kappa shape index (κ1) is 31.6. The minimum absolute atomic E-state index is 0.154. The fraction of sp³-hybridized carbons (Fsp3) is 0.548. The molecule has 37 heavy (non-hydrogen) atoms. The highest BCUT2D eigenvalue weighted by atomic mass is 32.1. The molecule has 204 valence electrons. The number of thiophene rings is 1. The molecular weight excluding hydrogens is 509 g/mol. The molecule has 0 aliphatic heterocycles. The number of allylic oxidation sites excluding steroid dienone is 2. The first-order valence-electron chi connectivity index (χ1n) is 13.3. The molecule has 2 aromatic rings. The predicted octanol–water partition coefficient (Wildman–Crippen LogP) is 9.80. The second kappa shape index (κ2) is 12.5. The SMILES string of the molecule is C#CC=C(CC)c1ccc(COc2ccc(CO[Si](C)(C)C(C)(C)C)c(CO[Si](C)(C)C(C)(C)C)c2)s1. The molecule has 3 nitrogen and oxygen atoms in total. The average molecular weight is 557 g/mol. The van der Waals surface area contributed by atoms with Crippen molar-refractivity contribution in [2.75, 3.05) is 0 Å². The van der Waals surface area contributed by atoms with Crippen molar-refractivity contribution >= 4 is 33.5 Å². The summed E-state index contributed by atoms with van der Waals surface area (Å²) < 4.78 is 19.4. The summed E-state index contributed by atoms with van der Waals surface area (Å²) in [6.07, 6.45) is 8.27. The van der Waals surface area contributed by atoms with E-state index < -0.39 is 16.6 Å². The molecule has 0 N–H and O–H groups in total. The first-order valence-corrected chi connectivity index (χ1v) is 19.9. The van der Waals surface area contributed by atoms with Gasteiger partial charge in [0.1, 0.15) is 12.4 Å². The van der Waals surface area contributed by atoms with Crippen LogP contribution in [0.1, 0.15) is 75.8 Å². The summed E-state index contributed by atoms with van der Waals surface area (Å²) in [6, 6.07) is 10.6. The highest BCUT2D eigenvalue weighted by Gasteiger charge is 2.38. The molecule has 0 saturated carbocycles. The van der Waals surface area contributed by atoms with Crippen LogP contribution in [0.3, 0.4) is 0 Å². The largest absolute Gasteiger partial charge is 0.488 e. The molecule has 0 fully saturated rings. The molecular formula is C31H48O3SSi2. The number of rotatable bonds is 11. The Morgan fingerprint density at radius 2 is 1.43 bits per heavy atom. The second-order valence-corrected chi connectivity index (χ2v) is 23.6. The standard InChI is InChI=1S/C31H48O3SSi2/c1-13-15-24(14-2)29-19-18-28(35-29)23-32-27-17-16-25(21-33-36(9,10)30(3,4)5)26(20-27)22-34-37(11,12)31(6,7)8/h1,15-20H,14,21-23H2,2-12H3. The van der Waals surface area contributed by atoms with Crippen molar-refractivity contribution in [2.45, 2.75) is 111 Å². The van der Waals surface area contributed by atoms with Crippen LogP contribution in [0.25, 0.3) is 5.57 Å². The molecule has 0 atom stereocenters. The summed E-state index contributed by atoms with van der Waals surface area (Å²) in [5.41, 5.74) is 3.52. The Bertz CT molecular complexity index is 1110. The maximum Gasteiger partial charge on any atom is 0.192 e.